The molecule has 0 spiro atoms. The molecule has 138 valence electrons. The van der Waals surface area contributed by atoms with Crippen molar-refractivity contribution in [1.29, 1.82) is 0 Å². The number of hydrogen-bond acceptors (Lipinski definition) is 1. The largest absolute Gasteiger partial charge is 0.357 e. The van der Waals surface area contributed by atoms with E-state index in [0.29, 0.717) is 17.2 Å². The van der Waals surface area contributed by atoms with Crippen molar-refractivity contribution in [3.05, 3.63) is 28.8 Å². The summed E-state index contributed by atoms with van der Waals surface area (Å²) >= 11 is 0. The number of benzene rings is 1. The second kappa shape index (κ2) is 5.99. The number of fused-ring (bicyclic) bond motifs is 1. The van der Waals surface area contributed by atoms with Crippen molar-refractivity contribution < 1.29 is 0 Å². The summed E-state index contributed by atoms with van der Waals surface area (Å²) in [6, 6.07) is 5.67. The van der Waals surface area contributed by atoms with E-state index < -0.39 is 8.24 Å². The Morgan fingerprint density at radius 3 is 2.12 bits per heavy atom. The fraction of sp³-hybridized carbons (Fsp3) is 0.727. The Bertz CT molecular complexity index is 652. The van der Waals surface area contributed by atoms with Crippen molar-refractivity contribution in [3.8, 4) is 0 Å². The van der Waals surface area contributed by atoms with Gasteiger partial charge in [-0.25, -0.2) is 0 Å². The van der Waals surface area contributed by atoms with Gasteiger partial charge in [-0.05, 0) is 50.0 Å². The van der Waals surface area contributed by atoms with E-state index in [-0.39, 0.29) is 0 Å². The van der Waals surface area contributed by atoms with Crippen LogP contribution in [0.3, 0.4) is 0 Å². The summed E-state index contributed by atoms with van der Waals surface area (Å²) in [5.41, 5.74) is 6.12. The summed E-state index contributed by atoms with van der Waals surface area (Å²) in [4.78, 5) is 0. The van der Waals surface area contributed by atoms with Crippen molar-refractivity contribution in [1.82, 2.24) is 4.48 Å². The minimum Gasteiger partial charge on any atom is -0.357 e. The Morgan fingerprint density at radius 2 is 1.72 bits per heavy atom. The molecule has 0 radical (unpaired) electrons. The first-order chi connectivity index (χ1) is 11.5. The molecule has 0 amide bonds. The van der Waals surface area contributed by atoms with Crippen molar-refractivity contribution >= 4 is 20.5 Å². The molecule has 1 nitrogen and oxygen atoms in total. The number of rotatable bonds is 4. The lowest BCUT2D eigenvalue weighted by atomic mass is 9.22. The summed E-state index contributed by atoms with van der Waals surface area (Å²) in [7, 11) is -1.52. The summed E-state index contributed by atoms with van der Waals surface area (Å²) in [6.07, 6.45) is 5.59. The standard InChI is InChI=1S/C22H38BNSi/c1-10-12-22-13-11-19(22)24(25(8,9)21(5,6)7)23(22)20-17(3)14-16(2)15-18(20)4/h14-15,19H,10-13H2,1-9H3/t19-,22+/m1/s1. The van der Waals surface area contributed by atoms with E-state index in [4.69, 9.17) is 0 Å². The lowest BCUT2D eigenvalue weighted by Gasteiger charge is -2.75. The highest BCUT2D eigenvalue weighted by Gasteiger charge is 2.71. The molecule has 0 bridgehead atoms. The fourth-order valence-electron chi connectivity index (χ4n) is 5.80. The summed E-state index contributed by atoms with van der Waals surface area (Å²) in [5, 5.41) is 0.973. The highest BCUT2D eigenvalue weighted by atomic mass is 28.3. The highest BCUT2D eigenvalue weighted by molar-refractivity contribution is 6.93. The molecule has 1 heterocycles. The predicted molar refractivity (Wildman–Crippen MR) is 116 cm³/mol. The molecule has 0 unspecified atom stereocenters. The van der Waals surface area contributed by atoms with Gasteiger partial charge in [-0.2, -0.15) is 0 Å². The third-order valence-electron chi connectivity index (χ3n) is 7.91. The van der Waals surface area contributed by atoms with Gasteiger partial charge < -0.3 is 4.48 Å². The second-order valence-electron chi connectivity index (χ2n) is 10.5. The molecule has 2 aliphatic rings. The average Bonchev–Trinajstić information content (AvgIpc) is 2.44. The number of hydrogen-bond donors (Lipinski definition) is 0. The zero-order valence-electron chi connectivity index (χ0n) is 18.1. The second-order valence-corrected chi connectivity index (χ2v) is 15.6. The first-order valence-corrected chi connectivity index (χ1v) is 13.3. The van der Waals surface area contributed by atoms with Crippen LogP contribution in [0.5, 0.6) is 0 Å². The first-order valence-electron chi connectivity index (χ1n) is 10.3. The van der Waals surface area contributed by atoms with E-state index in [1.807, 2.05) is 0 Å². The average molecular weight is 355 g/mol. The molecule has 1 saturated carbocycles. The Balaban J connectivity index is 2.12. The summed E-state index contributed by atoms with van der Waals surface area (Å²) in [6.45, 7) is 22.6. The lowest BCUT2D eigenvalue weighted by Crippen LogP contribution is -2.86. The molecular weight excluding hydrogens is 317 g/mol. The smallest absolute Gasteiger partial charge is 0.259 e. The fourth-order valence-corrected chi connectivity index (χ4v) is 8.77. The SMILES string of the molecule is CCC[C@]12CC[C@H]1N([Si](C)(C)C(C)(C)C)B2c1c(C)cc(C)cc1C. The molecule has 1 saturated heterocycles. The van der Waals surface area contributed by atoms with Crippen molar-refractivity contribution in [2.24, 2.45) is 0 Å². The van der Waals surface area contributed by atoms with Crippen LogP contribution in [0.1, 0.15) is 70.1 Å². The molecule has 2 atom stereocenters. The van der Waals surface area contributed by atoms with Crippen molar-refractivity contribution in [2.45, 2.75) is 104 Å². The Morgan fingerprint density at radius 1 is 1.16 bits per heavy atom. The van der Waals surface area contributed by atoms with Crippen molar-refractivity contribution in [2.75, 3.05) is 0 Å². The van der Waals surface area contributed by atoms with Gasteiger partial charge in [-0.1, -0.05) is 87.9 Å². The van der Waals surface area contributed by atoms with Crippen LogP contribution < -0.4 is 5.46 Å². The van der Waals surface area contributed by atoms with Crippen LogP contribution in [-0.4, -0.2) is 25.6 Å². The van der Waals surface area contributed by atoms with Crippen LogP contribution in [0.25, 0.3) is 0 Å². The molecule has 25 heavy (non-hydrogen) atoms. The molecular formula is C22H38BNSi. The van der Waals surface area contributed by atoms with Gasteiger partial charge >= 0.3 is 0 Å². The van der Waals surface area contributed by atoms with Crippen LogP contribution in [0.2, 0.25) is 23.4 Å². The molecule has 3 rings (SSSR count). The predicted octanol–water partition coefficient (Wildman–Crippen LogP) is 5.83. The molecule has 0 aromatic heterocycles. The Hall–Kier alpha value is -0.538. The van der Waals surface area contributed by atoms with E-state index in [9.17, 15) is 0 Å². The zero-order valence-corrected chi connectivity index (χ0v) is 19.1. The van der Waals surface area contributed by atoms with Gasteiger partial charge in [-0.3, -0.25) is 0 Å². The third kappa shape index (κ3) is 2.60. The van der Waals surface area contributed by atoms with Gasteiger partial charge in [0.15, 0.2) is 0 Å². The monoisotopic (exact) mass is 355 g/mol. The van der Waals surface area contributed by atoms with Gasteiger partial charge in [0.05, 0.1) is 0 Å². The van der Waals surface area contributed by atoms with Crippen LogP contribution in [0, 0.1) is 20.8 Å². The van der Waals surface area contributed by atoms with E-state index in [0.717, 1.165) is 6.04 Å². The van der Waals surface area contributed by atoms with Crippen molar-refractivity contribution in [3.63, 3.8) is 0 Å². The van der Waals surface area contributed by atoms with Gasteiger partial charge in [0.2, 0.25) is 0 Å². The minimum absolute atomic E-state index is 0.408. The van der Waals surface area contributed by atoms with E-state index >= 15 is 0 Å². The highest BCUT2D eigenvalue weighted by Crippen LogP contribution is 2.67. The summed E-state index contributed by atoms with van der Waals surface area (Å²) < 4.78 is 3.05. The van der Waals surface area contributed by atoms with Gasteiger partial charge in [0.25, 0.3) is 6.85 Å². The van der Waals surface area contributed by atoms with Crippen LogP contribution >= 0.6 is 0 Å². The maximum absolute atomic E-state index is 3.05. The Labute approximate surface area is 157 Å². The van der Waals surface area contributed by atoms with Gasteiger partial charge in [0.1, 0.15) is 8.24 Å². The zero-order chi connectivity index (χ0) is 18.8. The maximum Gasteiger partial charge on any atom is 0.259 e. The topological polar surface area (TPSA) is 3.24 Å². The quantitative estimate of drug-likeness (QED) is 0.614. The van der Waals surface area contributed by atoms with Crippen LogP contribution in [0.15, 0.2) is 12.1 Å². The summed E-state index contributed by atoms with van der Waals surface area (Å²) in [5.74, 6) is 0. The first kappa shape index (κ1) is 19.2. The Kier molecular flexibility index (Phi) is 4.61. The lowest BCUT2D eigenvalue weighted by molar-refractivity contribution is 0.104. The molecule has 1 aromatic carbocycles. The van der Waals surface area contributed by atoms with E-state index in [2.05, 4.69) is 78.2 Å². The van der Waals surface area contributed by atoms with E-state index in [1.54, 1.807) is 5.46 Å². The van der Waals surface area contributed by atoms with Crippen LogP contribution in [0.4, 0.5) is 0 Å². The number of aryl methyl sites for hydroxylation is 3. The normalized spacial score (nSPS) is 26.9. The molecule has 2 fully saturated rings. The molecule has 3 heteroatoms. The maximum atomic E-state index is 3.05. The molecule has 1 aliphatic heterocycles. The third-order valence-corrected chi connectivity index (χ3v) is 13.4. The minimum atomic E-state index is -1.52. The van der Waals surface area contributed by atoms with E-state index in [1.165, 1.54) is 42.4 Å². The molecule has 1 aromatic rings. The van der Waals surface area contributed by atoms with Crippen LogP contribution in [-0.2, 0) is 0 Å². The molecule has 1 aliphatic carbocycles. The molecule has 0 N–H and O–H groups in total. The number of nitrogens with zero attached hydrogens (tertiary/aromatic N) is 1. The van der Waals surface area contributed by atoms with Gasteiger partial charge in [-0.15, -0.1) is 0 Å². The van der Waals surface area contributed by atoms with Gasteiger partial charge in [0, 0.05) is 0 Å².